The van der Waals surface area contributed by atoms with E-state index in [0.29, 0.717) is 5.78 Å². The van der Waals surface area contributed by atoms with E-state index in [1.54, 1.807) is 16.3 Å². The lowest BCUT2D eigenvalue weighted by Gasteiger charge is -2.02. The average Bonchev–Trinajstić information content (AvgIpc) is 2.95. The topological polar surface area (TPSA) is 94.9 Å². The van der Waals surface area contributed by atoms with Gasteiger partial charge in [0.05, 0.1) is 0 Å². The molecule has 0 aromatic carbocycles. The highest BCUT2D eigenvalue weighted by atomic mass is 32.2. The summed E-state index contributed by atoms with van der Waals surface area (Å²) in [5.74, 6) is 1.55. The first-order valence-electron chi connectivity index (χ1n) is 8.65. The second-order valence-corrected chi connectivity index (χ2v) is 6.85. The fraction of sp³-hybridized carbons (Fsp3) is 0.800. The van der Waals surface area contributed by atoms with Crippen molar-refractivity contribution in [2.75, 3.05) is 11.5 Å². The summed E-state index contributed by atoms with van der Waals surface area (Å²) in [7, 11) is 0. The number of hydrogen-bond acceptors (Lipinski definition) is 7. The molecule has 0 fully saturated rings. The van der Waals surface area contributed by atoms with Crippen LogP contribution in [0.3, 0.4) is 0 Å². The van der Waals surface area contributed by atoms with Gasteiger partial charge < -0.3 is 5.73 Å². The van der Waals surface area contributed by atoms with Crippen LogP contribution in [-0.4, -0.2) is 35.8 Å². The van der Waals surface area contributed by atoms with Gasteiger partial charge in [-0.25, -0.2) is 0 Å². The van der Waals surface area contributed by atoms with Crippen molar-refractivity contribution in [2.24, 2.45) is 0 Å². The van der Waals surface area contributed by atoms with Gasteiger partial charge in [0.1, 0.15) is 0 Å². The van der Waals surface area contributed by atoms with Crippen LogP contribution in [0.15, 0.2) is 5.16 Å². The largest absolute Gasteiger partial charge is 0.365 e. The molecule has 0 bridgehead atoms. The van der Waals surface area contributed by atoms with Crippen molar-refractivity contribution in [3.63, 3.8) is 0 Å². The van der Waals surface area contributed by atoms with Crippen molar-refractivity contribution in [1.82, 2.24) is 30.0 Å². The first kappa shape index (κ1) is 17.9. The number of anilines is 1. The molecule has 0 aliphatic rings. The van der Waals surface area contributed by atoms with Crippen molar-refractivity contribution >= 4 is 23.5 Å². The third kappa shape index (κ3) is 6.29. The van der Waals surface area contributed by atoms with Crippen LogP contribution in [0, 0.1) is 0 Å². The highest BCUT2D eigenvalue weighted by molar-refractivity contribution is 7.99. The molecule has 0 saturated carbocycles. The standard InChI is InChI=1S/C15H27N7S/c1-2-3-4-5-6-7-8-9-10-11-12-23-15-20-19-14-18-17-13(16)21-22(14)15/h2-12H2,1H3,(H2,16,21). The Morgan fingerprint density at radius 2 is 1.43 bits per heavy atom. The van der Waals surface area contributed by atoms with E-state index in [0.717, 1.165) is 10.9 Å². The lowest BCUT2D eigenvalue weighted by molar-refractivity contribution is 0.563. The van der Waals surface area contributed by atoms with Crippen molar-refractivity contribution in [3.8, 4) is 0 Å². The molecular formula is C15H27N7S. The fourth-order valence-electron chi connectivity index (χ4n) is 2.47. The molecule has 0 aliphatic carbocycles. The van der Waals surface area contributed by atoms with Crippen molar-refractivity contribution in [1.29, 1.82) is 0 Å². The molecule has 0 atom stereocenters. The first-order valence-corrected chi connectivity index (χ1v) is 9.64. The maximum atomic E-state index is 5.54. The minimum atomic E-state index is 0.137. The second kappa shape index (κ2) is 10.4. The molecule has 0 radical (unpaired) electrons. The molecule has 0 amide bonds. The SMILES string of the molecule is CCCCCCCCCCCCSc1nnc2nnc(N)nn12. The Balaban J connectivity index is 1.53. The van der Waals surface area contributed by atoms with Gasteiger partial charge in [-0.2, -0.15) is 4.52 Å². The van der Waals surface area contributed by atoms with Crippen LogP contribution in [0.25, 0.3) is 5.78 Å². The predicted molar refractivity (Wildman–Crippen MR) is 93.4 cm³/mol. The molecule has 8 heteroatoms. The number of nitrogens with zero attached hydrogens (tertiary/aromatic N) is 6. The van der Waals surface area contributed by atoms with Crippen LogP contribution >= 0.6 is 11.8 Å². The van der Waals surface area contributed by atoms with E-state index >= 15 is 0 Å². The Labute approximate surface area is 141 Å². The van der Waals surface area contributed by atoms with E-state index < -0.39 is 0 Å². The molecule has 23 heavy (non-hydrogen) atoms. The molecule has 0 spiro atoms. The van der Waals surface area contributed by atoms with E-state index in [4.69, 9.17) is 5.73 Å². The Morgan fingerprint density at radius 1 is 0.826 bits per heavy atom. The zero-order valence-corrected chi connectivity index (χ0v) is 14.8. The Morgan fingerprint density at radius 3 is 2.13 bits per heavy atom. The maximum absolute atomic E-state index is 5.54. The molecule has 7 nitrogen and oxygen atoms in total. The van der Waals surface area contributed by atoms with Crippen molar-refractivity contribution < 1.29 is 0 Å². The highest BCUT2D eigenvalue weighted by Gasteiger charge is 2.08. The van der Waals surface area contributed by atoms with Crippen LogP contribution in [0.1, 0.15) is 71.1 Å². The molecule has 2 rings (SSSR count). The van der Waals surface area contributed by atoms with Gasteiger partial charge in [-0.3, -0.25) is 0 Å². The van der Waals surface area contributed by atoms with Crippen molar-refractivity contribution in [2.45, 2.75) is 76.3 Å². The lowest BCUT2D eigenvalue weighted by atomic mass is 10.1. The molecular weight excluding hydrogens is 310 g/mol. The molecule has 0 aliphatic heterocycles. The predicted octanol–water partition coefficient (Wildman–Crippen LogP) is 3.51. The summed E-state index contributed by atoms with van der Waals surface area (Å²) >= 11 is 1.65. The van der Waals surface area contributed by atoms with Gasteiger partial charge >= 0.3 is 0 Å². The summed E-state index contributed by atoms with van der Waals surface area (Å²) in [6.07, 6.45) is 13.4. The monoisotopic (exact) mass is 337 g/mol. The smallest absolute Gasteiger partial charge is 0.291 e. The van der Waals surface area contributed by atoms with Crippen LogP contribution in [0.5, 0.6) is 0 Å². The Kier molecular flexibility index (Phi) is 8.06. The van der Waals surface area contributed by atoms with Gasteiger partial charge in [-0.05, 0) is 6.42 Å². The highest BCUT2D eigenvalue weighted by Crippen LogP contribution is 2.18. The number of aromatic nitrogens is 6. The third-order valence-electron chi connectivity index (χ3n) is 3.77. The third-order valence-corrected chi connectivity index (χ3v) is 4.77. The van der Waals surface area contributed by atoms with Gasteiger partial charge in [-0.15, -0.1) is 25.5 Å². The number of nitrogens with two attached hydrogens (primary N) is 1. The number of nitrogen functional groups attached to an aromatic ring is 1. The number of fused-ring (bicyclic) bond motifs is 1. The van der Waals surface area contributed by atoms with E-state index in [2.05, 4.69) is 32.4 Å². The Hall–Kier alpha value is -1.44. The first-order chi connectivity index (χ1) is 11.3. The molecule has 2 aromatic rings. The van der Waals surface area contributed by atoms with E-state index in [-0.39, 0.29) is 5.95 Å². The van der Waals surface area contributed by atoms with E-state index in [9.17, 15) is 0 Å². The second-order valence-electron chi connectivity index (χ2n) is 5.78. The van der Waals surface area contributed by atoms with Crippen LogP contribution < -0.4 is 5.73 Å². The fourth-order valence-corrected chi connectivity index (χ4v) is 3.34. The Bertz CT molecular complexity index is 572. The summed E-state index contributed by atoms with van der Waals surface area (Å²) in [4.78, 5) is 0. The number of rotatable bonds is 12. The molecule has 2 N–H and O–H groups in total. The summed E-state index contributed by atoms with van der Waals surface area (Å²) in [5, 5.41) is 20.3. The number of thioether (sulfide) groups is 1. The lowest BCUT2D eigenvalue weighted by Crippen LogP contribution is -2.04. The molecule has 2 aromatic heterocycles. The quantitative estimate of drug-likeness (QED) is 0.467. The van der Waals surface area contributed by atoms with Crippen LogP contribution in [-0.2, 0) is 0 Å². The summed E-state index contributed by atoms with van der Waals surface area (Å²) in [6.45, 7) is 2.26. The normalized spacial score (nSPS) is 11.3. The van der Waals surface area contributed by atoms with Gasteiger partial charge in [0.15, 0.2) is 0 Å². The molecule has 0 unspecified atom stereocenters. The van der Waals surface area contributed by atoms with Gasteiger partial charge in [-0.1, -0.05) is 76.5 Å². The van der Waals surface area contributed by atoms with Crippen molar-refractivity contribution in [3.05, 3.63) is 0 Å². The minimum absolute atomic E-state index is 0.137. The van der Waals surface area contributed by atoms with Gasteiger partial charge in [0.2, 0.25) is 5.16 Å². The minimum Gasteiger partial charge on any atom is -0.365 e. The summed E-state index contributed by atoms with van der Waals surface area (Å²) in [5.41, 5.74) is 5.54. The molecule has 2 heterocycles. The number of unbranched alkanes of at least 4 members (excludes halogenated alkanes) is 9. The van der Waals surface area contributed by atoms with Crippen LogP contribution in [0.4, 0.5) is 5.95 Å². The molecule has 128 valence electrons. The number of hydrogen-bond donors (Lipinski definition) is 1. The van der Waals surface area contributed by atoms with Gasteiger partial charge in [0.25, 0.3) is 11.7 Å². The van der Waals surface area contributed by atoms with Crippen LogP contribution in [0.2, 0.25) is 0 Å². The van der Waals surface area contributed by atoms with E-state index in [1.165, 1.54) is 64.2 Å². The zero-order valence-electron chi connectivity index (χ0n) is 13.9. The average molecular weight is 337 g/mol. The van der Waals surface area contributed by atoms with E-state index in [1.807, 2.05) is 0 Å². The molecule has 0 saturated heterocycles. The summed E-state index contributed by atoms with van der Waals surface area (Å²) in [6, 6.07) is 0. The maximum Gasteiger partial charge on any atom is 0.291 e. The van der Waals surface area contributed by atoms with Gasteiger partial charge in [0, 0.05) is 5.75 Å². The zero-order chi connectivity index (χ0) is 16.3. The summed E-state index contributed by atoms with van der Waals surface area (Å²) < 4.78 is 1.56.